The van der Waals surface area contributed by atoms with Crippen LogP contribution in [0, 0.1) is 5.82 Å². The normalized spacial score (nSPS) is 12.2. The Hall–Kier alpha value is -2.88. The molecule has 0 aliphatic carbocycles. The lowest BCUT2D eigenvalue weighted by Gasteiger charge is -2.10. The molecule has 10 heteroatoms. The lowest BCUT2D eigenvalue weighted by molar-refractivity contribution is -0.141. The molecule has 0 aliphatic rings. The third-order valence-electron chi connectivity index (χ3n) is 3.93. The van der Waals surface area contributed by atoms with E-state index in [0.29, 0.717) is 5.69 Å². The Balaban J connectivity index is 1.69. The van der Waals surface area contributed by atoms with Gasteiger partial charge >= 0.3 is 6.18 Å². The summed E-state index contributed by atoms with van der Waals surface area (Å²) >= 11 is 0. The van der Waals surface area contributed by atoms with Gasteiger partial charge in [0.15, 0.2) is 15.5 Å². The lowest BCUT2D eigenvalue weighted by atomic mass is 10.2. The van der Waals surface area contributed by atoms with Crippen LogP contribution in [0.4, 0.5) is 23.2 Å². The first-order chi connectivity index (χ1) is 13.0. The van der Waals surface area contributed by atoms with Crippen LogP contribution in [-0.4, -0.2) is 24.5 Å². The number of aromatic nitrogens is 2. The van der Waals surface area contributed by atoms with Crippen molar-refractivity contribution in [3.05, 3.63) is 71.8 Å². The molecule has 1 N–H and O–H groups in total. The molecule has 0 bridgehead atoms. The molecule has 28 heavy (non-hydrogen) atoms. The van der Waals surface area contributed by atoms with Crippen molar-refractivity contribution in [3.8, 4) is 5.69 Å². The van der Waals surface area contributed by atoms with Crippen LogP contribution in [0.15, 0.2) is 59.6 Å². The highest BCUT2D eigenvalue weighted by Gasteiger charge is 2.33. The minimum absolute atomic E-state index is 0.114. The Morgan fingerprint density at radius 2 is 1.75 bits per heavy atom. The zero-order valence-corrected chi connectivity index (χ0v) is 15.4. The Morgan fingerprint density at radius 3 is 2.29 bits per heavy atom. The Kier molecular flexibility index (Phi) is 5.16. The van der Waals surface area contributed by atoms with Gasteiger partial charge in [-0.15, -0.1) is 0 Å². The minimum Gasteiger partial charge on any atom is -0.379 e. The summed E-state index contributed by atoms with van der Waals surface area (Å²) in [5.41, 5.74) is 0.353. The maximum absolute atomic E-state index is 14.0. The van der Waals surface area contributed by atoms with E-state index in [1.807, 2.05) is 0 Å². The number of hydrogen-bond donors (Lipinski definition) is 1. The summed E-state index contributed by atoms with van der Waals surface area (Å²) in [6.45, 7) is 0.238. The first kappa shape index (κ1) is 19.9. The number of anilines is 1. The van der Waals surface area contributed by atoms with Crippen LogP contribution in [0.25, 0.3) is 5.69 Å². The Labute approximate surface area is 158 Å². The molecule has 0 unspecified atom stereocenters. The van der Waals surface area contributed by atoms with E-state index in [1.165, 1.54) is 18.3 Å². The number of nitrogens with zero attached hydrogens (tertiary/aromatic N) is 2. The Morgan fingerprint density at radius 1 is 1.07 bits per heavy atom. The van der Waals surface area contributed by atoms with Gasteiger partial charge in [-0.1, -0.05) is 12.1 Å². The maximum atomic E-state index is 14.0. The number of nitrogens with one attached hydrogen (secondary N) is 1. The van der Waals surface area contributed by atoms with Crippen molar-refractivity contribution in [2.24, 2.45) is 0 Å². The fourth-order valence-electron chi connectivity index (χ4n) is 2.45. The van der Waals surface area contributed by atoms with Gasteiger partial charge in [0.1, 0.15) is 5.82 Å². The van der Waals surface area contributed by atoms with Crippen molar-refractivity contribution in [1.29, 1.82) is 0 Å². The van der Waals surface area contributed by atoms with Gasteiger partial charge < -0.3 is 5.32 Å². The molecule has 0 saturated carbocycles. The van der Waals surface area contributed by atoms with Crippen molar-refractivity contribution in [2.75, 3.05) is 11.6 Å². The summed E-state index contributed by atoms with van der Waals surface area (Å²) in [5.74, 6) is -0.698. The van der Waals surface area contributed by atoms with Gasteiger partial charge in [-0.2, -0.15) is 18.3 Å². The first-order valence-electron chi connectivity index (χ1n) is 8.00. The molecule has 0 amide bonds. The van der Waals surface area contributed by atoms with Gasteiger partial charge in [0.05, 0.1) is 16.3 Å². The predicted molar refractivity (Wildman–Crippen MR) is 95.4 cm³/mol. The number of alkyl halides is 3. The number of sulfone groups is 1. The third-order valence-corrected chi connectivity index (χ3v) is 5.04. The largest absolute Gasteiger partial charge is 0.435 e. The molecule has 2 aromatic carbocycles. The van der Waals surface area contributed by atoms with E-state index in [9.17, 15) is 26.0 Å². The van der Waals surface area contributed by atoms with Crippen molar-refractivity contribution >= 4 is 15.5 Å². The molecule has 0 atom stereocenters. The van der Waals surface area contributed by atoms with E-state index >= 15 is 0 Å². The molecule has 3 aromatic rings. The molecule has 5 nitrogen and oxygen atoms in total. The lowest BCUT2D eigenvalue weighted by Crippen LogP contribution is -2.07. The summed E-state index contributed by atoms with van der Waals surface area (Å²) < 4.78 is 75.9. The fourth-order valence-corrected chi connectivity index (χ4v) is 3.09. The molecule has 0 fully saturated rings. The van der Waals surface area contributed by atoms with Crippen LogP contribution in [0.1, 0.15) is 11.3 Å². The zero-order chi connectivity index (χ0) is 20.5. The SMILES string of the molecule is CS(=O)(=O)c1ccc(NCc2ccc(-n3ccc(C(F)(F)F)n3)cc2)c(F)c1. The highest BCUT2D eigenvalue weighted by Crippen LogP contribution is 2.28. The molecule has 0 spiro atoms. The second-order valence-electron chi connectivity index (χ2n) is 6.08. The van der Waals surface area contributed by atoms with Gasteiger partial charge in [0.25, 0.3) is 0 Å². The minimum atomic E-state index is -4.51. The number of hydrogen-bond acceptors (Lipinski definition) is 4. The zero-order valence-electron chi connectivity index (χ0n) is 14.5. The molecule has 148 valence electrons. The molecular formula is C18H15F4N3O2S. The van der Waals surface area contributed by atoms with E-state index in [2.05, 4.69) is 10.4 Å². The first-order valence-corrected chi connectivity index (χ1v) is 9.89. The van der Waals surface area contributed by atoms with E-state index in [1.54, 1.807) is 24.3 Å². The van der Waals surface area contributed by atoms with Crippen molar-refractivity contribution < 1.29 is 26.0 Å². The monoisotopic (exact) mass is 413 g/mol. The van der Waals surface area contributed by atoms with Crippen LogP contribution in [0.2, 0.25) is 0 Å². The highest BCUT2D eigenvalue weighted by atomic mass is 32.2. The van der Waals surface area contributed by atoms with Gasteiger partial charge in [0, 0.05) is 19.0 Å². The van der Waals surface area contributed by atoms with Crippen LogP contribution >= 0.6 is 0 Å². The van der Waals surface area contributed by atoms with Gasteiger partial charge in [-0.05, 0) is 42.0 Å². The summed E-state index contributed by atoms with van der Waals surface area (Å²) in [5, 5.41) is 6.34. The van der Waals surface area contributed by atoms with E-state index < -0.39 is 27.5 Å². The van der Waals surface area contributed by atoms with Gasteiger partial charge in [-0.3, -0.25) is 0 Å². The standard InChI is InChI=1S/C18H15F4N3O2S/c1-28(26,27)14-6-7-16(15(19)10-14)23-11-12-2-4-13(5-3-12)25-9-8-17(24-25)18(20,21)22/h2-10,23H,11H2,1H3. The average molecular weight is 413 g/mol. The third kappa shape index (κ3) is 4.50. The molecule has 1 aromatic heterocycles. The summed E-state index contributed by atoms with van der Waals surface area (Å²) in [6.07, 6.45) is -2.30. The second-order valence-corrected chi connectivity index (χ2v) is 8.09. The highest BCUT2D eigenvalue weighted by molar-refractivity contribution is 7.90. The second kappa shape index (κ2) is 7.27. The topological polar surface area (TPSA) is 64.0 Å². The van der Waals surface area contributed by atoms with E-state index in [-0.39, 0.29) is 17.1 Å². The van der Waals surface area contributed by atoms with Crippen molar-refractivity contribution in [2.45, 2.75) is 17.6 Å². The summed E-state index contributed by atoms with van der Waals surface area (Å²) in [6, 6.07) is 11.0. The average Bonchev–Trinajstić information content (AvgIpc) is 3.11. The van der Waals surface area contributed by atoms with Gasteiger partial charge in [0.2, 0.25) is 0 Å². The fraction of sp³-hybridized carbons (Fsp3) is 0.167. The summed E-state index contributed by atoms with van der Waals surface area (Å²) in [4.78, 5) is -0.114. The molecule has 0 radical (unpaired) electrons. The van der Waals surface area contributed by atoms with Crippen LogP contribution in [0.3, 0.4) is 0 Å². The van der Waals surface area contributed by atoms with Crippen LogP contribution < -0.4 is 5.32 Å². The molecule has 3 rings (SSSR count). The molecule has 0 saturated heterocycles. The summed E-state index contributed by atoms with van der Waals surface area (Å²) in [7, 11) is -3.49. The molecular weight excluding hydrogens is 398 g/mol. The van der Waals surface area contributed by atoms with Crippen molar-refractivity contribution in [1.82, 2.24) is 9.78 Å². The van der Waals surface area contributed by atoms with E-state index in [0.717, 1.165) is 28.6 Å². The van der Waals surface area contributed by atoms with E-state index in [4.69, 9.17) is 0 Å². The molecule has 1 heterocycles. The number of rotatable bonds is 5. The van der Waals surface area contributed by atoms with Crippen LogP contribution in [0.5, 0.6) is 0 Å². The predicted octanol–water partition coefficient (Wildman–Crippen LogP) is 4.05. The quantitative estimate of drug-likeness (QED) is 0.641. The molecule has 0 aliphatic heterocycles. The van der Waals surface area contributed by atoms with Gasteiger partial charge in [-0.25, -0.2) is 17.5 Å². The number of halogens is 4. The maximum Gasteiger partial charge on any atom is 0.435 e. The smallest absolute Gasteiger partial charge is 0.379 e. The van der Waals surface area contributed by atoms with Crippen molar-refractivity contribution in [3.63, 3.8) is 0 Å². The number of benzene rings is 2. The Bertz CT molecular complexity index is 1090. The van der Waals surface area contributed by atoms with Crippen LogP contribution in [-0.2, 0) is 22.6 Å².